The lowest BCUT2D eigenvalue weighted by molar-refractivity contribution is 0.0691. The van der Waals surface area contributed by atoms with Crippen LogP contribution in [-0.4, -0.2) is 38.7 Å². The molecule has 0 aliphatic heterocycles. The molecule has 8 nitrogen and oxygen atoms in total. The number of carboxylic acids is 1. The van der Waals surface area contributed by atoms with E-state index >= 15 is 0 Å². The number of hydrogen-bond donors (Lipinski definition) is 2. The maximum atomic E-state index is 14.3. The summed E-state index contributed by atoms with van der Waals surface area (Å²) in [6.07, 6.45) is 6.64. The third kappa shape index (κ3) is 5.54. The van der Waals surface area contributed by atoms with Gasteiger partial charge in [0.1, 0.15) is 22.3 Å². The lowest BCUT2D eigenvalue weighted by Crippen LogP contribution is -2.18. The summed E-state index contributed by atoms with van der Waals surface area (Å²) < 4.78 is 53.6. The predicted octanol–water partition coefficient (Wildman–Crippen LogP) is 7.60. The maximum Gasteiger partial charge on any atom is 0.338 e. The molecule has 6 rings (SSSR count). The van der Waals surface area contributed by atoms with Crippen molar-refractivity contribution in [1.29, 1.82) is 0 Å². The minimum absolute atomic E-state index is 0.145. The SMILES string of the molecule is COc1cc(C(=O)O)c(F)cc1NS(=O)(=O)c1csc(-c2ccc(-c3ccc(C4(C)CC5CCCC5C4)cc3)cc2OC)n1. The molecule has 2 saturated carbocycles. The molecule has 1 heterocycles. The van der Waals surface area contributed by atoms with Crippen LogP contribution >= 0.6 is 11.3 Å². The van der Waals surface area contributed by atoms with E-state index in [4.69, 9.17) is 14.6 Å². The highest BCUT2D eigenvalue weighted by Gasteiger charge is 2.44. The zero-order valence-corrected chi connectivity index (χ0v) is 26.2. The topological polar surface area (TPSA) is 115 Å². The van der Waals surface area contributed by atoms with Crippen LogP contribution in [0, 0.1) is 17.7 Å². The van der Waals surface area contributed by atoms with Crippen LogP contribution in [-0.2, 0) is 15.4 Å². The summed E-state index contributed by atoms with van der Waals surface area (Å²) in [5.41, 5.74) is 3.38. The first-order valence-corrected chi connectivity index (χ1v) is 16.8. The molecule has 0 radical (unpaired) electrons. The Hall–Kier alpha value is -3.96. The van der Waals surface area contributed by atoms with Crippen LogP contribution in [0.4, 0.5) is 10.1 Å². The molecule has 0 saturated heterocycles. The van der Waals surface area contributed by atoms with Crippen LogP contribution in [0.25, 0.3) is 21.7 Å². The number of fused-ring (bicyclic) bond motifs is 1. The van der Waals surface area contributed by atoms with Gasteiger partial charge in [-0.3, -0.25) is 4.72 Å². The Morgan fingerprint density at radius 3 is 2.30 bits per heavy atom. The van der Waals surface area contributed by atoms with Gasteiger partial charge in [0, 0.05) is 11.4 Å². The number of anilines is 1. The van der Waals surface area contributed by atoms with Gasteiger partial charge in [-0.2, -0.15) is 8.42 Å². The number of thiazole rings is 1. The van der Waals surface area contributed by atoms with Crippen LogP contribution in [0.15, 0.2) is 65.0 Å². The summed E-state index contributed by atoms with van der Waals surface area (Å²) in [4.78, 5) is 15.6. The highest BCUT2D eigenvalue weighted by molar-refractivity contribution is 7.92. The van der Waals surface area contributed by atoms with Crippen LogP contribution in [0.2, 0.25) is 0 Å². The molecule has 0 amide bonds. The molecular weight excluding hydrogens is 604 g/mol. The third-order valence-electron chi connectivity index (χ3n) is 9.11. The van der Waals surface area contributed by atoms with E-state index in [1.165, 1.54) is 50.2 Å². The normalized spacial score (nSPS) is 21.2. The number of hydrogen-bond acceptors (Lipinski definition) is 7. The molecule has 1 aromatic heterocycles. The number of carbonyl (C=O) groups is 1. The Kier molecular flexibility index (Phi) is 7.87. The number of aromatic carboxylic acids is 1. The van der Waals surface area contributed by atoms with E-state index in [0.717, 1.165) is 46.4 Å². The van der Waals surface area contributed by atoms with Crippen molar-refractivity contribution in [3.05, 3.63) is 76.9 Å². The van der Waals surface area contributed by atoms with Gasteiger partial charge >= 0.3 is 5.97 Å². The van der Waals surface area contributed by atoms with Crippen molar-refractivity contribution in [3.63, 3.8) is 0 Å². The van der Waals surface area contributed by atoms with Crippen LogP contribution in [0.3, 0.4) is 0 Å². The number of benzene rings is 3. The number of nitrogens with zero attached hydrogens (tertiary/aromatic N) is 1. The Morgan fingerprint density at radius 2 is 1.66 bits per heavy atom. The number of ether oxygens (including phenoxy) is 2. The summed E-state index contributed by atoms with van der Waals surface area (Å²) in [6, 6.07) is 16.2. The average Bonchev–Trinajstić information content (AvgIpc) is 3.73. The van der Waals surface area contributed by atoms with Gasteiger partial charge in [-0.1, -0.05) is 56.5 Å². The minimum atomic E-state index is -4.26. The molecule has 230 valence electrons. The van der Waals surface area contributed by atoms with Crippen molar-refractivity contribution >= 4 is 33.0 Å². The van der Waals surface area contributed by atoms with Crippen molar-refractivity contribution in [2.45, 2.75) is 49.5 Å². The standard InChI is InChI=1S/C33H33FN2O6S2/c1-33(16-21-5-4-6-22(21)17-33)23-10-7-19(8-11-23)20-9-12-24(28(13-20)41-2)31-35-30(18-43-31)44(39,40)36-27-15-26(34)25(32(37)38)14-29(27)42-3/h7-15,18,21-22,36H,4-6,16-17H2,1-3H3,(H,37,38). The van der Waals surface area contributed by atoms with E-state index in [-0.39, 0.29) is 21.9 Å². The molecule has 2 atom stereocenters. The van der Waals surface area contributed by atoms with E-state index in [2.05, 4.69) is 40.9 Å². The number of carboxylic acid groups (broad SMARTS) is 1. The van der Waals surface area contributed by atoms with Gasteiger partial charge in [0.2, 0.25) is 0 Å². The van der Waals surface area contributed by atoms with Crippen LogP contribution in [0.1, 0.15) is 54.9 Å². The molecule has 0 spiro atoms. The largest absolute Gasteiger partial charge is 0.496 e. The van der Waals surface area contributed by atoms with E-state index in [0.29, 0.717) is 16.3 Å². The number of nitrogens with one attached hydrogen (secondary N) is 1. The van der Waals surface area contributed by atoms with Crippen molar-refractivity contribution in [2.75, 3.05) is 18.9 Å². The molecule has 2 fully saturated rings. The van der Waals surface area contributed by atoms with E-state index in [1.54, 1.807) is 7.11 Å². The average molecular weight is 637 g/mol. The molecule has 0 bridgehead atoms. The lowest BCUT2D eigenvalue weighted by atomic mass is 9.78. The van der Waals surface area contributed by atoms with Gasteiger partial charge in [-0.05, 0) is 65.0 Å². The maximum absolute atomic E-state index is 14.3. The number of rotatable bonds is 9. The minimum Gasteiger partial charge on any atom is -0.496 e. The number of methoxy groups -OCH3 is 2. The van der Waals surface area contributed by atoms with Crippen LogP contribution < -0.4 is 14.2 Å². The zero-order chi connectivity index (χ0) is 31.2. The molecular formula is C33H33FN2O6S2. The summed E-state index contributed by atoms with van der Waals surface area (Å²) in [7, 11) is -1.48. The van der Waals surface area contributed by atoms with E-state index in [1.807, 2.05) is 18.2 Å². The van der Waals surface area contributed by atoms with Gasteiger partial charge < -0.3 is 14.6 Å². The number of halogens is 1. The van der Waals surface area contributed by atoms with Crippen molar-refractivity contribution < 1.29 is 32.2 Å². The molecule has 2 aliphatic carbocycles. The summed E-state index contributed by atoms with van der Waals surface area (Å²) >= 11 is 1.12. The zero-order valence-electron chi connectivity index (χ0n) is 24.6. The van der Waals surface area contributed by atoms with Crippen molar-refractivity contribution in [1.82, 2.24) is 4.98 Å². The van der Waals surface area contributed by atoms with Gasteiger partial charge in [-0.25, -0.2) is 14.2 Å². The fourth-order valence-corrected chi connectivity index (χ4v) is 9.09. The Bertz CT molecular complexity index is 1830. The van der Waals surface area contributed by atoms with Crippen LogP contribution in [0.5, 0.6) is 11.5 Å². The second kappa shape index (κ2) is 11.5. The second-order valence-electron chi connectivity index (χ2n) is 11.8. The Labute approximate surface area is 259 Å². The second-order valence-corrected chi connectivity index (χ2v) is 14.3. The predicted molar refractivity (Wildman–Crippen MR) is 168 cm³/mol. The molecule has 2 unspecified atom stereocenters. The molecule has 44 heavy (non-hydrogen) atoms. The highest BCUT2D eigenvalue weighted by atomic mass is 32.2. The molecule has 2 N–H and O–H groups in total. The van der Waals surface area contributed by atoms with Gasteiger partial charge in [0.05, 0.1) is 31.0 Å². The van der Waals surface area contributed by atoms with E-state index in [9.17, 15) is 17.6 Å². The number of sulfonamides is 1. The van der Waals surface area contributed by atoms with Crippen molar-refractivity contribution in [2.24, 2.45) is 11.8 Å². The summed E-state index contributed by atoms with van der Waals surface area (Å²) in [6.45, 7) is 2.40. The number of aromatic nitrogens is 1. The van der Waals surface area contributed by atoms with Gasteiger partial charge in [0.15, 0.2) is 5.03 Å². The van der Waals surface area contributed by atoms with Crippen molar-refractivity contribution in [3.8, 4) is 33.2 Å². The summed E-state index contributed by atoms with van der Waals surface area (Å²) in [5, 5.41) is 10.7. The summed E-state index contributed by atoms with van der Waals surface area (Å²) in [5.74, 6) is -0.481. The third-order valence-corrected chi connectivity index (χ3v) is 11.4. The van der Waals surface area contributed by atoms with E-state index < -0.39 is 27.4 Å². The monoisotopic (exact) mass is 636 g/mol. The molecule has 4 aromatic rings. The fourth-order valence-electron chi connectivity index (χ4n) is 6.91. The first-order valence-electron chi connectivity index (χ1n) is 14.4. The smallest absolute Gasteiger partial charge is 0.338 e. The molecule has 11 heteroatoms. The first kappa shape index (κ1) is 30.1. The Balaban J connectivity index is 1.22. The highest BCUT2D eigenvalue weighted by Crippen LogP contribution is 2.54. The molecule has 2 aliphatic rings. The lowest BCUT2D eigenvalue weighted by Gasteiger charge is -2.26. The first-order chi connectivity index (χ1) is 21.0. The van der Waals surface area contributed by atoms with Gasteiger partial charge in [0.25, 0.3) is 10.0 Å². The fraction of sp³-hybridized carbons (Fsp3) is 0.333. The quantitative estimate of drug-likeness (QED) is 0.194. The molecule has 3 aromatic carbocycles. The van der Waals surface area contributed by atoms with Gasteiger partial charge in [-0.15, -0.1) is 11.3 Å². The Morgan fingerprint density at radius 1 is 1.00 bits per heavy atom.